The quantitative estimate of drug-likeness (QED) is 0.561. The second-order valence-corrected chi connectivity index (χ2v) is 5.69. The highest BCUT2D eigenvalue weighted by molar-refractivity contribution is 5.94. The number of para-hydroxylation sites is 1. The van der Waals surface area contributed by atoms with Crippen LogP contribution in [0.2, 0.25) is 0 Å². The Morgan fingerprint density at radius 2 is 1.92 bits per heavy atom. The molecule has 0 radical (unpaired) electrons. The van der Waals surface area contributed by atoms with Crippen molar-refractivity contribution in [2.45, 2.75) is 19.4 Å². The molecule has 132 valence electrons. The Balaban J connectivity index is 1.88. The highest BCUT2D eigenvalue weighted by Crippen LogP contribution is 2.18. The molecule has 26 heavy (non-hydrogen) atoms. The van der Waals surface area contributed by atoms with Gasteiger partial charge in [-0.05, 0) is 30.7 Å². The lowest BCUT2D eigenvalue weighted by Gasteiger charge is -2.18. The fraction of sp³-hybridized carbons (Fsp3) is 0.167. The summed E-state index contributed by atoms with van der Waals surface area (Å²) in [7, 11) is 0. The maximum Gasteiger partial charge on any atom is 0.269 e. The van der Waals surface area contributed by atoms with E-state index in [1.165, 1.54) is 35.2 Å². The number of aromatic nitrogens is 2. The number of fused-ring (bicyclic) bond motifs is 1. The zero-order chi connectivity index (χ0) is 18.7. The van der Waals surface area contributed by atoms with Crippen molar-refractivity contribution in [1.82, 2.24) is 9.55 Å². The standard InChI is InChI=1S/C18H16N4O4/c1-2-16(17(23)20-12-7-9-13(10-8-12)22(25)26)21-11-19-15-6-4-3-5-14(15)18(21)24/h3-11,16H,2H2,1H3,(H,20,23). The number of nitro benzene ring substituents is 1. The third kappa shape index (κ3) is 3.30. The van der Waals surface area contributed by atoms with Crippen LogP contribution in [-0.2, 0) is 4.79 Å². The molecule has 0 fully saturated rings. The molecule has 2 aromatic carbocycles. The second kappa shape index (κ2) is 7.14. The molecular formula is C18H16N4O4. The molecule has 0 spiro atoms. The van der Waals surface area contributed by atoms with Crippen LogP contribution in [-0.4, -0.2) is 20.4 Å². The van der Waals surface area contributed by atoms with Gasteiger partial charge in [-0.1, -0.05) is 19.1 Å². The molecule has 8 nitrogen and oxygen atoms in total. The van der Waals surface area contributed by atoms with E-state index >= 15 is 0 Å². The van der Waals surface area contributed by atoms with Crippen LogP contribution in [0.3, 0.4) is 0 Å². The molecule has 0 aliphatic rings. The lowest BCUT2D eigenvalue weighted by molar-refractivity contribution is -0.384. The van der Waals surface area contributed by atoms with E-state index < -0.39 is 11.0 Å². The summed E-state index contributed by atoms with van der Waals surface area (Å²) in [5.41, 5.74) is 0.631. The highest BCUT2D eigenvalue weighted by atomic mass is 16.6. The van der Waals surface area contributed by atoms with Crippen molar-refractivity contribution in [2.75, 3.05) is 5.32 Å². The van der Waals surface area contributed by atoms with Gasteiger partial charge in [0.25, 0.3) is 11.2 Å². The summed E-state index contributed by atoms with van der Waals surface area (Å²) in [5.74, 6) is -0.388. The smallest absolute Gasteiger partial charge is 0.269 e. The monoisotopic (exact) mass is 352 g/mol. The molecule has 0 saturated heterocycles. The van der Waals surface area contributed by atoms with E-state index in [4.69, 9.17) is 0 Å². The van der Waals surface area contributed by atoms with E-state index in [2.05, 4.69) is 10.3 Å². The number of benzene rings is 2. The minimum Gasteiger partial charge on any atom is -0.324 e. The number of hydrogen-bond donors (Lipinski definition) is 1. The molecule has 8 heteroatoms. The van der Waals surface area contributed by atoms with Crippen molar-refractivity contribution in [2.24, 2.45) is 0 Å². The third-order valence-electron chi connectivity index (χ3n) is 4.06. The van der Waals surface area contributed by atoms with Crippen molar-refractivity contribution in [3.05, 3.63) is 75.3 Å². The molecule has 1 N–H and O–H groups in total. The van der Waals surface area contributed by atoms with Crippen LogP contribution in [0.1, 0.15) is 19.4 Å². The maximum absolute atomic E-state index is 12.7. The number of nitrogens with zero attached hydrogens (tertiary/aromatic N) is 3. The number of carbonyl (C=O) groups excluding carboxylic acids is 1. The molecule has 1 heterocycles. The van der Waals surface area contributed by atoms with Crippen molar-refractivity contribution in [3.63, 3.8) is 0 Å². The summed E-state index contributed by atoms with van der Waals surface area (Å²) in [6.45, 7) is 1.79. The van der Waals surface area contributed by atoms with Gasteiger partial charge in [0.2, 0.25) is 5.91 Å². The first-order valence-corrected chi connectivity index (χ1v) is 8.02. The molecule has 1 unspecified atom stereocenters. The average molecular weight is 352 g/mol. The van der Waals surface area contributed by atoms with E-state index in [9.17, 15) is 19.7 Å². The summed E-state index contributed by atoms with van der Waals surface area (Å²) in [6, 6.07) is 11.7. The number of nitro groups is 1. The Kier molecular flexibility index (Phi) is 4.74. The van der Waals surface area contributed by atoms with Gasteiger partial charge < -0.3 is 5.32 Å². The number of anilines is 1. The number of nitrogens with one attached hydrogen (secondary N) is 1. The largest absolute Gasteiger partial charge is 0.324 e. The zero-order valence-corrected chi connectivity index (χ0v) is 14.0. The fourth-order valence-corrected chi connectivity index (χ4v) is 2.71. The van der Waals surface area contributed by atoms with Gasteiger partial charge in [-0.2, -0.15) is 0 Å². The summed E-state index contributed by atoms with van der Waals surface area (Å²) < 4.78 is 1.31. The molecule has 3 rings (SSSR count). The van der Waals surface area contributed by atoms with Crippen LogP contribution in [0, 0.1) is 10.1 Å². The predicted molar refractivity (Wildman–Crippen MR) is 97.1 cm³/mol. The first kappa shape index (κ1) is 17.3. The number of non-ortho nitro benzene ring substituents is 1. The molecule has 1 amide bonds. The molecule has 0 bridgehead atoms. The van der Waals surface area contributed by atoms with Gasteiger partial charge in [0, 0.05) is 17.8 Å². The van der Waals surface area contributed by atoms with Crippen LogP contribution in [0.15, 0.2) is 59.7 Å². The molecule has 0 saturated carbocycles. The molecule has 0 aliphatic carbocycles. The molecular weight excluding hydrogens is 336 g/mol. The van der Waals surface area contributed by atoms with Gasteiger partial charge in [-0.25, -0.2) is 4.98 Å². The summed E-state index contributed by atoms with van der Waals surface area (Å²) >= 11 is 0. The Labute approximate surface area is 148 Å². The predicted octanol–water partition coefficient (Wildman–Crippen LogP) is 2.89. The molecule has 0 aliphatic heterocycles. The first-order valence-electron chi connectivity index (χ1n) is 8.02. The summed E-state index contributed by atoms with van der Waals surface area (Å²) in [4.78, 5) is 39.7. The molecule has 3 aromatic rings. The van der Waals surface area contributed by atoms with Crippen LogP contribution < -0.4 is 10.9 Å². The van der Waals surface area contributed by atoms with Gasteiger partial charge in [0.05, 0.1) is 22.2 Å². The topological polar surface area (TPSA) is 107 Å². The third-order valence-corrected chi connectivity index (χ3v) is 4.06. The normalized spacial score (nSPS) is 11.9. The zero-order valence-electron chi connectivity index (χ0n) is 14.0. The van der Waals surface area contributed by atoms with Crippen molar-refractivity contribution in [3.8, 4) is 0 Å². The van der Waals surface area contributed by atoms with E-state index in [0.29, 0.717) is 23.0 Å². The van der Waals surface area contributed by atoms with Gasteiger partial charge in [0.15, 0.2) is 0 Å². The van der Waals surface area contributed by atoms with Gasteiger partial charge in [0.1, 0.15) is 6.04 Å². The summed E-state index contributed by atoms with van der Waals surface area (Å²) in [5, 5.41) is 13.8. The van der Waals surface area contributed by atoms with E-state index in [1.807, 2.05) is 0 Å². The number of rotatable bonds is 5. The van der Waals surface area contributed by atoms with Crippen LogP contribution >= 0.6 is 0 Å². The Bertz CT molecular complexity index is 1030. The van der Waals surface area contributed by atoms with Gasteiger partial charge >= 0.3 is 0 Å². The van der Waals surface area contributed by atoms with Crippen molar-refractivity contribution in [1.29, 1.82) is 0 Å². The molecule has 1 aromatic heterocycles. The van der Waals surface area contributed by atoms with Crippen LogP contribution in [0.4, 0.5) is 11.4 Å². The average Bonchev–Trinajstić information content (AvgIpc) is 2.65. The second-order valence-electron chi connectivity index (χ2n) is 5.69. The van der Waals surface area contributed by atoms with Crippen LogP contribution in [0.25, 0.3) is 10.9 Å². The van der Waals surface area contributed by atoms with E-state index in [1.54, 1.807) is 31.2 Å². The molecule has 1 atom stereocenters. The first-order chi connectivity index (χ1) is 12.5. The minimum absolute atomic E-state index is 0.0648. The minimum atomic E-state index is -0.741. The summed E-state index contributed by atoms with van der Waals surface area (Å²) in [6.07, 6.45) is 1.76. The van der Waals surface area contributed by atoms with Gasteiger partial charge in [-0.15, -0.1) is 0 Å². The van der Waals surface area contributed by atoms with Crippen LogP contribution in [0.5, 0.6) is 0 Å². The van der Waals surface area contributed by atoms with Gasteiger partial charge in [-0.3, -0.25) is 24.3 Å². The lowest BCUT2D eigenvalue weighted by atomic mass is 10.1. The number of hydrogen-bond acceptors (Lipinski definition) is 5. The van der Waals surface area contributed by atoms with Crippen molar-refractivity contribution < 1.29 is 9.72 Å². The highest BCUT2D eigenvalue weighted by Gasteiger charge is 2.21. The maximum atomic E-state index is 12.7. The lowest BCUT2D eigenvalue weighted by Crippen LogP contribution is -2.33. The van der Waals surface area contributed by atoms with E-state index in [-0.39, 0.29) is 17.2 Å². The van der Waals surface area contributed by atoms with E-state index in [0.717, 1.165) is 0 Å². The van der Waals surface area contributed by atoms with Crippen molar-refractivity contribution >= 4 is 28.2 Å². The fourth-order valence-electron chi connectivity index (χ4n) is 2.71. The number of carbonyl (C=O) groups is 1. The number of amides is 1. The Morgan fingerprint density at radius 1 is 1.23 bits per heavy atom. The Hall–Kier alpha value is -3.55. The SMILES string of the molecule is CCC(C(=O)Nc1ccc([N+](=O)[O-])cc1)n1cnc2ccccc2c1=O. The Morgan fingerprint density at radius 3 is 2.58 bits per heavy atom.